The number of Topliss-reactive ketones (excluding diaryl/α,β-unsaturated/α-hetero) is 2. The minimum Gasteiger partial charge on any atom is -0.388 e. The summed E-state index contributed by atoms with van der Waals surface area (Å²) in [6.45, 7) is 11.0. The van der Waals surface area contributed by atoms with E-state index in [-0.39, 0.29) is 17.5 Å². The number of allylic oxidation sites excluding steroid dienone is 1. The van der Waals surface area contributed by atoms with Gasteiger partial charge in [0.15, 0.2) is 5.78 Å². The van der Waals surface area contributed by atoms with Crippen molar-refractivity contribution in [2.24, 2.45) is 11.8 Å². The molecule has 2 atom stereocenters. The lowest BCUT2D eigenvalue weighted by molar-refractivity contribution is -0.124. The largest absolute Gasteiger partial charge is 0.388 e. The molecular weight excluding hydrogens is 330 g/mol. The molecule has 1 aromatic carbocycles. The van der Waals surface area contributed by atoms with Crippen molar-refractivity contribution in [3.8, 4) is 0 Å². The van der Waals surface area contributed by atoms with Gasteiger partial charge >= 0.3 is 0 Å². The zero-order chi connectivity index (χ0) is 18.1. The Bertz CT molecular complexity index is 698. The molecule has 25 heavy (non-hydrogen) atoms. The number of aryl methyl sites for hydroxylation is 3. The highest BCUT2D eigenvalue weighted by Gasteiger charge is 2.43. The standard InChI is InChI=1S/C21H27NO2S/c1-12-5-13(2)19(14(3)6-12)20-18(23)8-17(21(20)24)7-15(4)22-9-16-10-25-11-16/h5-6,16-17,20,22H,4,7-11H2,1-3H3. The van der Waals surface area contributed by atoms with Crippen LogP contribution in [0.1, 0.15) is 41.0 Å². The first-order chi connectivity index (χ1) is 11.9. The Morgan fingerprint density at radius 2 is 1.84 bits per heavy atom. The molecule has 0 amide bonds. The lowest BCUT2D eigenvalue weighted by Crippen LogP contribution is -2.31. The third-order valence-electron chi connectivity index (χ3n) is 5.32. The molecule has 1 aliphatic heterocycles. The molecular formula is C21H27NO2S. The van der Waals surface area contributed by atoms with E-state index in [1.807, 2.05) is 32.5 Å². The van der Waals surface area contributed by atoms with Gasteiger partial charge in [0.25, 0.3) is 0 Å². The second-order valence-electron chi connectivity index (χ2n) is 7.61. The van der Waals surface area contributed by atoms with E-state index in [0.29, 0.717) is 18.8 Å². The fourth-order valence-corrected chi connectivity index (χ4v) is 4.84. The van der Waals surface area contributed by atoms with Crippen LogP contribution in [0.15, 0.2) is 24.4 Å². The highest BCUT2D eigenvalue weighted by atomic mass is 32.2. The fourth-order valence-electron chi connectivity index (χ4n) is 4.04. The van der Waals surface area contributed by atoms with Crippen LogP contribution in [0.3, 0.4) is 0 Å². The molecule has 0 radical (unpaired) electrons. The van der Waals surface area contributed by atoms with Crippen LogP contribution in [-0.2, 0) is 9.59 Å². The highest BCUT2D eigenvalue weighted by Crippen LogP contribution is 2.38. The van der Waals surface area contributed by atoms with Crippen molar-refractivity contribution in [3.63, 3.8) is 0 Å². The second-order valence-corrected chi connectivity index (χ2v) is 8.68. The Morgan fingerprint density at radius 3 is 2.40 bits per heavy atom. The molecule has 1 N–H and O–H groups in total. The summed E-state index contributed by atoms with van der Waals surface area (Å²) in [7, 11) is 0. The van der Waals surface area contributed by atoms with Crippen LogP contribution in [0.4, 0.5) is 0 Å². The molecule has 1 saturated heterocycles. The zero-order valence-corrected chi connectivity index (χ0v) is 16.2. The molecule has 1 aliphatic carbocycles. The third-order valence-corrected chi connectivity index (χ3v) is 6.74. The first kappa shape index (κ1) is 18.2. The lowest BCUT2D eigenvalue weighted by Gasteiger charge is -2.26. The summed E-state index contributed by atoms with van der Waals surface area (Å²) < 4.78 is 0. The third kappa shape index (κ3) is 3.84. The second kappa shape index (κ2) is 7.36. The maximum absolute atomic E-state index is 13.0. The molecule has 2 aliphatic rings. The summed E-state index contributed by atoms with van der Waals surface area (Å²) in [4.78, 5) is 25.6. The van der Waals surface area contributed by atoms with Crippen molar-refractivity contribution in [2.75, 3.05) is 18.1 Å². The molecule has 3 nitrogen and oxygen atoms in total. The van der Waals surface area contributed by atoms with Gasteiger partial charge in [0.1, 0.15) is 11.7 Å². The van der Waals surface area contributed by atoms with Gasteiger partial charge in [0.2, 0.25) is 0 Å². The summed E-state index contributed by atoms with van der Waals surface area (Å²) in [5, 5.41) is 3.36. The quantitative estimate of drug-likeness (QED) is 0.789. The number of hydrogen-bond donors (Lipinski definition) is 1. The number of hydrogen-bond acceptors (Lipinski definition) is 4. The van der Waals surface area contributed by atoms with Crippen LogP contribution in [-0.4, -0.2) is 29.6 Å². The molecule has 3 rings (SSSR count). The van der Waals surface area contributed by atoms with Gasteiger partial charge < -0.3 is 5.32 Å². The number of ketones is 2. The molecule has 134 valence electrons. The normalized spacial score (nSPS) is 23.6. The van der Waals surface area contributed by atoms with Crippen molar-refractivity contribution in [1.82, 2.24) is 5.32 Å². The van der Waals surface area contributed by atoms with E-state index in [9.17, 15) is 9.59 Å². The topological polar surface area (TPSA) is 46.2 Å². The monoisotopic (exact) mass is 357 g/mol. The Hall–Kier alpha value is -1.55. The van der Waals surface area contributed by atoms with E-state index in [1.165, 1.54) is 17.1 Å². The van der Waals surface area contributed by atoms with Gasteiger partial charge in [0, 0.05) is 24.6 Å². The fraction of sp³-hybridized carbons (Fsp3) is 0.524. The SMILES string of the molecule is C=C(CC1CC(=O)C(c2c(C)cc(C)cc2C)C1=O)NCC1CSC1. The molecule has 1 heterocycles. The summed E-state index contributed by atoms with van der Waals surface area (Å²) >= 11 is 1.96. The van der Waals surface area contributed by atoms with Crippen LogP contribution < -0.4 is 5.32 Å². The molecule has 4 heteroatoms. The van der Waals surface area contributed by atoms with Crippen LogP contribution in [0.5, 0.6) is 0 Å². The molecule has 1 saturated carbocycles. The average Bonchev–Trinajstić information content (AvgIpc) is 2.72. The number of thioether (sulfide) groups is 1. The Balaban J connectivity index is 1.69. The van der Waals surface area contributed by atoms with Gasteiger partial charge in [-0.05, 0) is 61.3 Å². The molecule has 0 aromatic heterocycles. The van der Waals surface area contributed by atoms with Gasteiger partial charge in [-0.15, -0.1) is 0 Å². The molecule has 1 aromatic rings. The zero-order valence-electron chi connectivity index (χ0n) is 15.4. The van der Waals surface area contributed by atoms with Crippen molar-refractivity contribution in [3.05, 3.63) is 46.7 Å². The van der Waals surface area contributed by atoms with Crippen molar-refractivity contribution < 1.29 is 9.59 Å². The smallest absolute Gasteiger partial charge is 0.151 e. The first-order valence-corrected chi connectivity index (χ1v) is 10.2. The summed E-state index contributed by atoms with van der Waals surface area (Å²) in [6, 6.07) is 4.13. The van der Waals surface area contributed by atoms with Gasteiger partial charge in [-0.3, -0.25) is 9.59 Å². The summed E-state index contributed by atoms with van der Waals surface area (Å²) in [6.07, 6.45) is 0.918. The van der Waals surface area contributed by atoms with E-state index >= 15 is 0 Å². The summed E-state index contributed by atoms with van der Waals surface area (Å²) in [5.41, 5.74) is 5.07. The van der Waals surface area contributed by atoms with Gasteiger partial charge in [-0.1, -0.05) is 24.3 Å². The van der Waals surface area contributed by atoms with Gasteiger partial charge in [0.05, 0.1) is 0 Å². The minimum absolute atomic E-state index is 0.0632. The van der Waals surface area contributed by atoms with E-state index in [0.717, 1.165) is 28.9 Å². The summed E-state index contributed by atoms with van der Waals surface area (Å²) in [5.74, 6) is 2.45. The van der Waals surface area contributed by atoms with E-state index in [4.69, 9.17) is 0 Å². The van der Waals surface area contributed by atoms with E-state index < -0.39 is 5.92 Å². The first-order valence-electron chi connectivity index (χ1n) is 9.00. The number of benzene rings is 1. The van der Waals surface area contributed by atoms with Crippen molar-refractivity contribution >= 4 is 23.3 Å². The predicted molar refractivity (Wildman–Crippen MR) is 104 cm³/mol. The Morgan fingerprint density at radius 1 is 1.20 bits per heavy atom. The van der Waals surface area contributed by atoms with Crippen LogP contribution in [0, 0.1) is 32.6 Å². The Kier molecular flexibility index (Phi) is 5.38. The number of nitrogens with one attached hydrogen (secondary N) is 1. The van der Waals surface area contributed by atoms with Crippen LogP contribution in [0.2, 0.25) is 0 Å². The molecule has 2 unspecified atom stereocenters. The number of carbonyl (C=O) groups excluding carboxylic acids is 2. The molecule has 0 spiro atoms. The highest BCUT2D eigenvalue weighted by molar-refractivity contribution is 8.00. The maximum atomic E-state index is 13.0. The van der Waals surface area contributed by atoms with Crippen molar-refractivity contribution in [1.29, 1.82) is 0 Å². The Labute approximate surface area is 154 Å². The average molecular weight is 358 g/mol. The van der Waals surface area contributed by atoms with Crippen LogP contribution >= 0.6 is 11.8 Å². The van der Waals surface area contributed by atoms with Crippen LogP contribution in [0.25, 0.3) is 0 Å². The van der Waals surface area contributed by atoms with Gasteiger partial charge in [-0.2, -0.15) is 11.8 Å². The maximum Gasteiger partial charge on any atom is 0.151 e. The van der Waals surface area contributed by atoms with E-state index in [1.54, 1.807) is 0 Å². The minimum atomic E-state index is -0.582. The van der Waals surface area contributed by atoms with E-state index in [2.05, 4.69) is 24.0 Å². The lowest BCUT2D eigenvalue weighted by atomic mass is 9.86. The number of rotatable bonds is 6. The predicted octanol–water partition coefficient (Wildman–Crippen LogP) is 3.71. The van der Waals surface area contributed by atoms with Gasteiger partial charge in [-0.25, -0.2) is 0 Å². The number of carbonyl (C=O) groups is 2. The molecule has 2 fully saturated rings. The van der Waals surface area contributed by atoms with Crippen molar-refractivity contribution in [2.45, 2.75) is 39.5 Å². The molecule has 0 bridgehead atoms.